The first-order valence-electron chi connectivity index (χ1n) is 7.77. The number of hydrogen-bond acceptors (Lipinski definition) is 7. The number of fused-ring (bicyclic) bond motifs is 3. The van der Waals surface area contributed by atoms with E-state index in [1.54, 1.807) is 11.3 Å². The molecule has 132 valence electrons. The third-order valence-corrected chi connectivity index (χ3v) is 7.61. The maximum Gasteiger partial charge on any atom is 0.244 e. The van der Waals surface area contributed by atoms with Crippen molar-refractivity contribution in [3.05, 3.63) is 17.1 Å². The Labute approximate surface area is 152 Å². The van der Waals surface area contributed by atoms with Crippen LogP contribution in [0.25, 0.3) is 20.4 Å². The summed E-state index contributed by atoms with van der Waals surface area (Å²) in [4.78, 5) is 21.5. The second-order valence-electron chi connectivity index (χ2n) is 6.03. The van der Waals surface area contributed by atoms with Gasteiger partial charge in [0.15, 0.2) is 5.13 Å². The number of rotatable bonds is 3. The van der Waals surface area contributed by atoms with Gasteiger partial charge < -0.3 is 5.32 Å². The molecule has 0 aliphatic carbocycles. The maximum atomic E-state index is 12.6. The lowest BCUT2D eigenvalue weighted by molar-refractivity contribution is -0.119. The summed E-state index contributed by atoms with van der Waals surface area (Å²) in [6.45, 7) is 2.34. The van der Waals surface area contributed by atoms with E-state index in [4.69, 9.17) is 0 Å². The zero-order valence-corrected chi connectivity index (χ0v) is 16.1. The predicted molar refractivity (Wildman–Crippen MR) is 101 cm³/mol. The lowest BCUT2D eigenvalue weighted by Crippen LogP contribution is -2.42. The lowest BCUT2D eigenvalue weighted by Gasteiger charge is -2.20. The van der Waals surface area contributed by atoms with Crippen LogP contribution in [0.15, 0.2) is 12.1 Å². The van der Waals surface area contributed by atoms with Gasteiger partial charge in [0, 0.05) is 6.54 Å². The van der Waals surface area contributed by atoms with Gasteiger partial charge in [-0.15, -0.1) is 11.3 Å². The monoisotopic (exact) mass is 396 g/mol. The maximum absolute atomic E-state index is 12.6. The quantitative estimate of drug-likeness (QED) is 0.735. The van der Waals surface area contributed by atoms with Crippen molar-refractivity contribution in [2.24, 2.45) is 0 Å². The molecule has 1 unspecified atom stereocenters. The van der Waals surface area contributed by atoms with E-state index in [0.717, 1.165) is 31.7 Å². The first kappa shape index (κ1) is 16.8. The number of carbonyl (C=O) groups is 1. The first-order chi connectivity index (χ1) is 11.8. The Morgan fingerprint density at radius 3 is 2.64 bits per heavy atom. The minimum Gasteiger partial charge on any atom is -0.301 e. The van der Waals surface area contributed by atoms with Crippen LogP contribution in [-0.2, 0) is 14.8 Å². The number of carbonyl (C=O) groups excluding carboxylic acids is 1. The fourth-order valence-corrected chi connectivity index (χ4v) is 6.26. The second kappa shape index (κ2) is 5.97. The largest absolute Gasteiger partial charge is 0.301 e. The SMILES string of the molecule is Cc1nc2ccc3nc(NC(=O)C4CCCN4S(C)(=O)=O)sc3c2s1. The summed E-state index contributed by atoms with van der Waals surface area (Å²) in [7, 11) is -3.39. The Morgan fingerprint density at radius 1 is 1.24 bits per heavy atom. The molecule has 1 aliphatic heterocycles. The van der Waals surface area contributed by atoms with E-state index in [0.29, 0.717) is 24.5 Å². The molecule has 1 aliphatic rings. The molecule has 3 aromatic rings. The number of aryl methyl sites for hydroxylation is 1. The van der Waals surface area contributed by atoms with Crippen LogP contribution in [0.3, 0.4) is 0 Å². The molecule has 1 aromatic carbocycles. The van der Waals surface area contributed by atoms with E-state index in [-0.39, 0.29) is 5.91 Å². The van der Waals surface area contributed by atoms with Crippen molar-refractivity contribution >= 4 is 64.2 Å². The van der Waals surface area contributed by atoms with E-state index in [9.17, 15) is 13.2 Å². The zero-order valence-electron chi connectivity index (χ0n) is 13.6. The van der Waals surface area contributed by atoms with Gasteiger partial charge in [-0.2, -0.15) is 4.31 Å². The van der Waals surface area contributed by atoms with Crippen LogP contribution in [-0.4, -0.2) is 47.4 Å². The average molecular weight is 397 g/mol. The van der Waals surface area contributed by atoms with Crippen LogP contribution in [0.4, 0.5) is 5.13 Å². The number of amides is 1. The molecule has 1 fully saturated rings. The van der Waals surface area contributed by atoms with Gasteiger partial charge in [-0.05, 0) is 31.9 Å². The summed E-state index contributed by atoms with van der Waals surface area (Å²) in [5.74, 6) is -0.321. The smallest absolute Gasteiger partial charge is 0.244 e. The molecular weight excluding hydrogens is 380 g/mol. The number of aromatic nitrogens is 2. The molecule has 1 N–H and O–H groups in total. The Hall–Kier alpha value is -1.62. The van der Waals surface area contributed by atoms with Crippen LogP contribution < -0.4 is 5.32 Å². The van der Waals surface area contributed by atoms with Crippen LogP contribution >= 0.6 is 22.7 Å². The predicted octanol–water partition coefficient (Wildman–Crippen LogP) is 2.58. The van der Waals surface area contributed by atoms with E-state index >= 15 is 0 Å². The zero-order chi connectivity index (χ0) is 17.8. The molecule has 1 amide bonds. The Balaban J connectivity index is 1.64. The van der Waals surface area contributed by atoms with Gasteiger partial charge >= 0.3 is 0 Å². The number of benzene rings is 1. The molecule has 3 heterocycles. The van der Waals surface area contributed by atoms with Gasteiger partial charge in [-0.3, -0.25) is 4.79 Å². The molecule has 0 radical (unpaired) electrons. The molecule has 0 saturated carbocycles. The molecule has 25 heavy (non-hydrogen) atoms. The molecule has 10 heteroatoms. The van der Waals surface area contributed by atoms with Crippen molar-refractivity contribution in [2.75, 3.05) is 18.1 Å². The summed E-state index contributed by atoms with van der Waals surface area (Å²) in [5.41, 5.74) is 1.73. The fraction of sp³-hybridized carbons (Fsp3) is 0.400. The van der Waals surface area contributed by atoms with Crippen LogP contribution in [0, 0.1) is 6.92 Å². The van der Waals surface area contributed by atoms with Crippen molar-refractivity contribution in [1.29, 1.82) is 0 Å². The molecule has 2 aromatic heterocycles. The minimum absolute atomic E-state index is 0.321. The normalized spacial score (nSPS) is 19.0. The van der Waals surface area contributed by atoms with Gasteiger partial charge in [0.05, 0.1) is 31.7 Å². The summed E-state index contributed by atoms with van der Waals surface area (Å²) in [5, 5.41) is 4.26. The van der Waals surface area contributed by atoms with Crippen molar-refractivity contribution in [3.63, 3.8) is 0 Å². The Bertz CT molecular complexity index is 1090. The van der Waals surface area contributed by atoms with Crippen molar-refractivity contribution < 1.29 is 13.2 Å². The molecular formula is C15H16N4O3S3. The third kappa shape index (κ3) is 3.03. The number of hydrogen-bond donors (Lipinski definition) is 1. The van der Waals surface area contributed by atoms with Crippen molar-refractivity contribution in [2.45, 2.75) is 25.8 Å². The standard InChI is InChI=1S/C15H16N4O3S3/c1-8-16-9-5-6-10-13(12(9)23-8)24-15(17-10)18-14(20)11-4-3-7-19(11)25(2,21)22/h5-6,11H,3-4,7H2,1-2H3,(H,17,18,20). The van der Waals surface area contributed by atoms with E-state index in [1.807, 2.05) is 19.1 Å². The highest BCUT2D eigenvalue weighted by atomic mass is 32.2. The summed E-state index contributed by atoms with van der Waals surface area (Å²) in [6.07, 6.45) is 2.35. The topological polar surface area (TPSA) is 92.3 Å². The second-order valence-corrected chi connectivity index (χ2v) is 10.2. The number of nitrogens with zero attached hydrogens (tertiary/aromatic N) is 3. The van der Waals surface area contributed by atoms with E-state index < -0.39 is 16.1 Å². The van der Waals surface area contributed by atoms with Crippen molar-refractivity contribution in [1.82, 2.24) is 14.3 Å². The Kier molecular flexibility index (Phi) is 4.02. The van der Waals surface area contributed by atoms with Gasteiger partial charge in [-0.1, -0.05) is 11.3 Å². The molecule has 0 spiro atoms. The highest BCUT2D eigenvalue weighted by Crippen LogP contribution is 2.36. The van der Waals surface area contributed by atoms with Gasteiger partial charge in [-0.25, -0.2) is 18.4 Å². The van der Waals surface area contributed by atoms with E-state index in [1.165, 1.54) is 15.6 Å². The molecule has 1 atom stereocenters. The average Bonchev–Trinajstić information content (AvgIpc) is 3.21. The molecule has 4 rings (SSSR count). The number of nitrogens with one attached hydrogen (secondary N) is 1. The van der Waals surface area contributed by atoms with Gasteiger partial charge in [0.2, 0.25) is 15.9 Å². The van der Waals surface area contributed by atoms with E-state index in [2.05, 4.69) is 15.3 Å². The van der Waals surface area contributed by atoms with Crippen LogP contribution in [0.5, 0.6) is 0 Å². The molecule has 1 saturated heterocycles. The number of anilines is 1. The first-order valence-corrected chi connectivity index (χ1v) is 11.3. The highest BCUT2D eigenvalue weighted by Gasteiger charge is 2.36. The number of sulfonamides is 1. The van der Waals surface area contributed by atoms with Gasteiger partial charge in [0.25, 0.3) is 0 Å². The number of thiazole rings is 2. The summed E-state index contributed by atoms with van der Waals surface area (Å²) in [6, 6.07) is 3.16. The van der Waals surface area contributed by atoms with Crippen LogP contribution in [0.1, 0.15) is 17.8 Å². The lowest BCUT2D eigenvalue weighted by atomic mass is 10.2. The fourth-order valence-electron chi connectivity index (χ4n) is 3.13. The van der Waals surface area contributed by atoms with Crippen molar-refractivity contribution in [3.8, 4) is 0 Å². The van der Waals surface area contributed by atoms with Crippen LogP contribution in [0.2, 0.25) is 0 Å². The minimum atomic E-state index is -3.39. The Morgan fingerprint density at radius 2 is 1.92 bits per heavy atom. The molecule has 0 bridgehead atoms. The summed E-state index contributed by atoms with van der Waals surface area (Å²) < 4.78 is 27.0. The summed E-state index contributed by atoms with van der Waals surface area (Å²) >= 11 is 3.00. The highest BCUT2D eigenvalue weighted by molar-refractivity contribution is 7.88. The molecule has 7 nitrogen and oxygen atoms in total. The third-order valence-electron chi connectivity index (χ3n) is 4.18. The van der Waals surface area contributed by atoms with Gasteiger partial charge in [0.1, 0.15) is 6.04 Å².